The predicted octanol–water partition coefficient (Wildman–Crippen LogP) is 3.28. The number of nitrogens with zero attached hydrogens (tertiary/aromatic N) is 2. The van der Waals surface area contributed by atoms with Gasteiger partial charge in [-0.15, -0.1) is 0 Å². The molecule has 1 aromatic heterocycles. The van der Waals surface area contributed by atoms with Crippen LogP contribution in [0.15, 0.2) is 53.5 Å². The zero-order chi connectivity index (χ0) is 23.4. The highest BCUT2D eigenvalue weighted by atomic mass is 16.5. The number of pyridine rings is 1. The van der Waals surface area contributed by atoms with E-state index in [1.54, 1.807) is 47.2 Å². The lowest BCUT2D eigenvalue weighted by molar-refractivity contribution is -0.127. The first-order valence-electron chi connectivity index (χ1n) is 10.9. The fourth-order valence-electron chi connectivity index (χ4n) is 4.11. The molecular weight excluding hydrogens is 422 g/mol. The second-order valence-electron chi connectivity index (χ2n) is 7.97. The van der Waals surface area contributed by atoms with Gasteiger partial charge in [-0.25, -0.2) is 0 Å². The maximum absolute atomic E-state index is 13.0. The van der Waals surface area contributed by atoms with Crippen LogP contribution in [0, 0.1) is 0 Å². The first-order chi connectivity index (χ1) is 16.0. The largest absolute Gasteiger partial charge is 0.497 e. The third kappa shape index (κ3) is 4.84. The molecule has 0 bridgehead atoms. The van der Waals surface area contributed by atoms with Gasteiger partial charge in [0.25, 0.3) is 11.5 Å². The van der Waals surface area contributed by atoms with Crippen molar-refractivity contribution >= 4 is 28.3 Å². The van der Waals surface area contributed by atoms with Gasteiger partial charge in [0.2, 0.25) is 5.91 Å². The number of amides is 2. The molecule has 2 amide bonds. The van der Waals surface area contributed by atoms with Crippen molar-refractivity contribution < 1.29 is 19.1 Å². The molecule has 1 fully saturated rings. The summed E-state index contributed by atoms with van der Waals surface area (Å²) >= 11 is 0. The summed E-state index contributed by atoms with van der Waals surface area (Å²) < 4.78 is 12.1. The molecule has 0 atom stereocenters. The molecule has 1 aliphatic rings. The molecule has 8 nitrogen and oxygen atoms in total. The number of carbonyl (C=O) groups excluding carboxylic acids is 2. The van der Waals surface area contributed by atoms with Crippen molar-refractivity contribution in [3.05, 3.63) is 64.6 Å². The molecule has 172 valence electrons. The standard InChI is InChI=1S/C25H27N3O5/c1-32-18-14-17(15-19(16-18)33-2)24(30)26-22-7-3-6-21-20(22)9-13-28(25(21)31)12-5-11-27-10-4-8-23(27)29/h3,6-7,9,13-16H,4-5,8,10-12H2,1-2H3,(H,26,30). The average Bonchev–Trinajstić information content (AvgIpc) is 3.25. The zero-order valence-electron chi connectivity index (χ0n) is 18.8. The highest BCUT2D eigenvalue weighted by molar-refractivity contribution is 6.09. The minimum atomic E-state index is -0.334. The Balaban J connectivity index is 1.53. The number of carbonyl (C=O) groups is 2. The maximum Gasteiger partial charge on any atom is 0.258 e. The Morgan fingerprint density at radius 1 is 1.00 bits per heavy atom. The summed E-state index contributed by atoms with van der Waals surface area (Å²) in [6.45, 7) is 1.98. The smallest absolute Gasteiger partial charge is 0.258 e. The number of hydrogen-bond donors (Lipinski definition) is 1. The van der Waals surface area contributed by atoms with Crippen LogP contribution in [0.25, 0.3) is 10.8 Å². The average molecular weight is 450 g/mol. The van der Waals surface area contributed by atoms with Crippen LogP contribution in [0.2, 0.25) is 0 Å². The van der Waals surface area contributed by atoms with E-state index in [2.05, 4.69) is 5.32 Å². The summed E-state index contributed by atoms with van der Waals surface area (Å²) in [4.78, 5) is 39.6. The van der Waals surface area contributed by atoms with Gasteiger partial charge >= 0.3 is 0 Å². The number of fused-ring (bicyclic) bond motifs is 1. The summed E-state index contributed by atoms with van der Waals surface area (Å²) in [6, 6.07) is 12.0. The van der Waals surface area contributed by atoms with Crippen molar-refractivity contribution in [3.8, 4) is 11.5 Å². The van der Waals surface area contributed by atoms with E-state index in [-0.39, 0.29) is 17.4 Å². The SMILES string of the molecule is COc1cc(OC)cc(C(=O)Nc2cccc3c(=O)n(CCCN4CCCC4=O)ccc23)c1. The minimum absolute atomic E-state index is 0.126. The number of methoxy groups -OCH3 is 2. The normalized spacial score (nSPS) is 13.4. The van der Waals surface area contributed by atoms with E-state index in [0.29, 0.717) is 59.5 Å². The van der Waals surface area contributed by atoms with Gasteiger partial charge < -0.3 is 24.3 Å². The van der Waals surface area contributed by atoms with E-state index in [9.17, 15) is 14.4 Å². The third-order valence-electron chi connectivity index (χ3n) is 5.88. The van der Waals surface area contributed by atoms with Gasteiger partial charge in [-0.2, -0.15) is 0 Å². The molecule has 1 saturated heterocycles. The Labute approximate surface area is 191 Å². The first-order valence-corrected chi connectivity index (χ1v) is 10.9. The summed E-state index contributed by atoms with van der Waals surface area (Å²) in [5.74, 6) is 0.876. The number of aromatic nitrogens is 1. The summed E-state index contributed by atoms with van der Waals surface area (Å²) in [5.41, 5.74) is 0.804. The first kappa shape index (κ1) is 22.4. The Bertz CT molecular complexity index is 1230. The molecule has 4 rings (SSSR count). The Morgan fingerprint density at radius 2 is 1.76 bits per heavy atom. The zero-order valence-corrected chi connectivity index (χ0v) is 18.8. The second-order valence-corrected chi connectivity index (χ2v) is 7.97. The fourth-order valence-corrected chi connectivity index (χ4v) is 4.11. The number of hydrogen-bond acceptors (Lipinski definition) is 5. The fraction of sp³-hybridized carbons (Fsp3) is 0.320. The Morgan fingerprint density at radius 3 is 2.42 bits per heavy atom. The van der Waals surface area contributed by atoms with E-state index in [4.69, 9.17) is 9.47 Å². The van der Waals surface area contributed by atoms with Gasteiger partial charge in [-0.05, 0) is 43.2 Å². The highest BCUT2D eigenvalue weighted by Gasteiger charge is 2.19. The number of nitrogens with one attached hydrogen (secondary N) is 1. The van der Waals surface area contributed by atoms with Gasteiger partial charge in [0, 0.05) is 60.3 Å². The van der Waals surface area contributed by atoms with Crippen LogP contribution >= 0.6 is 0 Å². The molecule has 33 heavy (non-hydrogen) atoms. The van der Waals surface area contributed by atoms with E-state index in [0.717, 1.165) is 13.0 Å². The minimum Gasteiger partial charge on any atom is -0.497 e. The lowest BCUT2D eigenvalue weighted by atomic mass is 10.1. The molecule has 0 spiro atoms. The molecule has 8 heteroatoms. The van der Waals surface area contributed by atoms with Crippen molar-refractivity contribution in [1.82, 2.24) is 9.47 Å². The van der Waals surface area contributed by atoms with Gasteiger partial charge in [0.1, 0.15) is 11.5 Å². The Kier molecular flexibility index (Phi) is 6.63. The molecule has 0 radical (unpaired) electrons. The molecule has 3 aromatic rings. The highest BCUT2D eigenvalue weighted by Crippen LogP contribution is 2.25. The number of aryl methyl sites for hydroxylation is 1. The number of anilines is 1. The third-order valence-corrected chi connectivity index (χ3v) is 5.88. The second kappa shape index (κ2) is 9.77. The monoisotopic (exact) mass is 449 g/mol. The van der Waals surface area contributed by atoms with Gasteiger partial charge in [0.05, 0.1) is 14.2 Å². The molecule has 2 heterocycles. The summed E-state index contributed by atoms with van der Waals surface area (Å²) in [5, 5.41) is 4.08. The molecule has 2 aromatic carbocycles. The molecule has 0 saturated carbocycles. The van der Waals surface area contributed by atoms with Crippen LogP contribution in [0.1, 0.15) is 29.6 Å². The lowest BCUT2D eigenvalue weighted by Crippen LogP contribution is -2.28. The molecule has 1 aliphatic heterocycles. The number of likely N-dealkylation sites (tertiary alicyclic amines) is 1. The maximum atomic E-state index is 13.0. The van der Waals surface area contributed by atoms with Crippen LogP contribution in [0.5, 0.6) is 11.5 Å². The van der Waals surface area contributed by atoms with Crippen LogP contribution in [-0.2, 0) is 11.3 Å². The van der Waals surface area contributed by atoms with Crippen molar-refractivity contribution in [1.29, 1.82) is 0 Å². The van der Waals surface area contributed by atoms with Crippen molar-refractivity contribution in [2.75, 3.05) is 32.6 Å². The van der Waals surface area contributed by atoms with Crippen LogP contribution in [0.3, 0.4) is 0 Å². The van der Waals surface area contributed by atoms with E-state index in [1.165, 1.54) is 14.2 Å². The molecule has 0 unspecified atom stereocenters. The van der Waals surface area contributed by atoms with Gasteiger partial charge in [-0.3, -0.25) is 14.4 Å². The quantitative estimate of drug-likeness (QED) is 0.570. The van der Waals surface area contributed by atoms with E-state index < -0.39 is 0 Å². The van der Waals surface area contributed by atoms with Crippen LogP contribution in [0.4, 0.5) is 5.69 Å². The van der Waals surface area contributed by atoms with E-state index >= 15 is 0 Å². The lowest BCUT2D eigenvalue weighted by Gasteiger charge is -2.16. The Hall–Kier alpha value is -3.81. The van der Waals surface area contributed by atoms with Crippen molar-refractivity contribution in [2.24, 2.45) is 0 Å². The van der Waals surface area contributed by atoms with Gasteiger partial charge in [-0.1, -0.05) is 6.07 Å². The molecular formula is C25H27N3O5. The van der Waals surface area contributed by atoms with Crippen molar-refractivity contribution in [2.45, 2.75) is 25.8 Å². The number of benzene rings is 2. The summed E-state index contributed by atoms with van der Waals surface area (Å²) in [7, 11) is 3.05. The van der Waals surface area contributed by atoms with Crippen LogP contribution < -0.4 is 20.3 Å². The van der Waals surface area contributed by atoms with Gasteiger partial charge in [0.15, 0.2) is 0 Å². The number of rotatable bonds is 8. The predicted molar refractivity (Wildman–Crippen MR) is 126 cm³/mol. The molecule has 1 N–H and O–H groups in total. The topological polar surface area (TPSA) is 89.9 Å². The van der Waals surface area contributed by atoms with Crippen LogP contribution in [-0.4, -0.2) is 48.6 Å². The number of ether oxygens (including phenoxy) is 2. The summed E-state index contributed by atoms with van der Waals surface area (Å²) in [6.07, 6.45) is 3.98. The molecule has 0 aliphatic carbocycles. The van der Waals surface area contributed by atoms with E-state index in [1.807, 2.05) is 11.0 Å². The van der Waals surface area contributed by atoms with Crippen molar-refractivity contribution in [3.63, 3.8) is 0 Å².